The average molecular weight is 385 g/mol. The number of rotatable bonds is 11. The zero-order valence-corrected chi connectivity index (χ0v) is 17.7. The minimum Gasteiger partial charge on any atom is -0.394 e. The van der Waals surface area contributed by atoms with Crippen molar-refractivity contribution >= 4 is 8.07 Å². The Labute approximate surface area is 164 Å². The normalized spacial score (nSPS) is 14.4. The molecule has 2 atom stereocenters. The first-order valence-corrected chi connectivity index (χ1v) is 13.1. The van der Waals surface area contributed by atoms with Gasteiger partial charge in [-0.1, -0.05) is 92.5 Å². The fourth-order valence-corrected chi connectivity index (χ4v) is 5.07. The van der Waals surface area contributed by atoms with Crippen LogP contribution in [0.5, 0.6) is 0 Å². The van der Waals surface area contributed by atoms with Crippen LogP contribution in [0.4, 0.5) is 0 Å². The third-order valence-corrected chi connectivity index (χ3v) is 7.12. The SMILES string of the molecule is C[Si](C)(C)[C@H](/C=C/COCc1ccccc1)[C@@H](CO)OCc1ccccc1. The van der Waals surface area contributed by atoms with Crippen LogP contribution in [0.15, 0.2) is 72.8 Å². The molecule has 0 aliphatic carbocycles. The van der Waals surface area contributed by atoms with Gasteiger partial charge in [-0.25, -0.2) is 0 Å². The molecule has 0 heterocycles. The molecule has 3 nitrogen and oxygen atoms in total. The Hall–Kier alpha value is -1.72. The first-order valence-electron chi connectivity index (χ1n) is 9.55. The highest BCUT2D eigenvalue weighted by Crippen LogP contribution is 2.29. The van der Waals surface area contributed by atoms with Crippen LogP contribution < -0.4 is 0 Å². The molecule has 2 rings (SSSR count). The van der Waals surface area contributed by atoms with Crippen LogP contribution in [0.2, 0.25) is 25.2 Å². The summed E-state index contributed by atoms with van der Waals surface area (Å²) in [7, 11) is -1.56. The van der Waals surface area contributed by atoms with Gasteiger partial charge < -0.3 is 14.6 Å². The van der Waals surface area contributed by atoms with E-state index in [4.69, 9.17) is 9.47 Å². The van der Waals surface area contributed by atoms with Crippen LogP contribution in [-0.2, 0) is 22.7 Å². The molecule has 0 spiro atoms. The summed E-state index contributed by atoms with van der Waals surface area (Å²) in [5.74, 6) is 0. The largest absolute Gasteiger partial charge is 0.394 e. The minimum atomic E-state index is -1.56. The lowest BCUT2D eigenvalue weighted by Crippen LogP contribution is -2.38. The highest BCUT2D eigenvalue weighted by Gasteiger charge is 2.32. The van der Waals surface area contributed by atoms with Crippen LogP contribution >= 0.6 is 0 Å². The highest BCUT2D eigenvalue weighted by molar-refractivity contribution is 6.78. The summed E-state index contributed by atoms with van der Waals surface area (Å²) in [6, 6.07) is 20.3. The van der Waals surface area contributed by atoms with Crippen molar-refractivity contribution in [3.8, 4) is 0 Å². The summed E-state index contributed by atoms with van der Waals surface area (Å²) in [4.78, 5) is 0. The summed E-state index contributed by atoms with van der Waals surface area (Å²) < 4.78 is 11.8. The van der Waals surface area contributed by atoms with E-state index in [1.807, 2.05) is 48.5 Å². The maximum atomic E-state index is 9.92. The predicted octanol–water partition coefficient (Wildman–Crippen LogP) is 5.05. The van der Waals surface area contributed by atoms with Gasteiger partial charge in [-0.15, -0.1) is 0 Å². The fraction of sp³-hybridized carbons (Fsp3) is 0.391. The van der Waals surface area contributed by atoms with Crippen molar-refractivity contribution < 1.29 is 14.6 Å². The molecule has 146 valence electrons. The van der Waals surface area contributed by atoms with Gasteiger partial charge in [-0.2, -0.15) is 0 Å². The first kappa shape index (κ1) is 21.6. The average Bonchev–Trinajstić information content (AvgIpc) is 2.67. The van der Waals surface area contributed by atoms with Gasteiger partial charge in [0.05, 0.1) is 40.6 Å². The number of aliphatic hydroxyl groups excluding tert-OH is 1. The van der Waals surface area contributed by atoms with Crippen molar-refractivity contribution in [1.29, 1.82) is 0 Å². The number of ether oxygens (including phenoxy) is 2. The Bertz CT molecular complexity index is 665. The van der Waals surface area contributed by atoms with E-state index < -0.39 is 8.07 Å². The molecule has 0 radical (unpaired) electrons. The van der Waals surface area contributed by atoms with Gasteiger partial charge >= 0.3 is 0 Å². The van der Waals surface area contributed by atoms with Gasteiger partial charge in [0.1, 0.15) is 0 Å². The van der Waals surface area contributed by atoms with Crippen LogP contribution in [0, 0.1) is 0 Å². The Kier molecular flexibility index (Phi) is 8.95. The lowest BCUT2D eigenvalue weighted by atomic mass is 10.2. The van der Waals surface area contributed by atoms with E-state index in [-0.39, 0.29) is 18.3 Å². The summed E-state index contributed by atoms with van der Waals surface area (Å²) in [6.45, 7) is 8.63. The maximum Gasteiger partial charge on any atom is 0.0848 e. The Balaban J connectivity index is 1.89. The van der Waals surface area contributed by atoms with Gasteiger partial charge in [-0.3, -0.25) is 0 Å². The molecular weight excluding hydrogens is 352 g/mol. The van der Waals surface area contributed by atoms with E-state index in [2.05, 4.69) is 43.9 Å². The van der Waals surface area contributed by atoms with Crippen molar-refractivity contribution in [2.45, 2.75) is 44.5 Å². The molecule has 0 unspecified atom stereocenters. The lowest BCUT2D eigenvalue weighted by Gasteiger charge is -2.33. The quantitative estimate of drug-likeness (QED) is 0.335. The molecule has 0 amide bonds. The Morgan fingerprint density at radius 3 is 1.96 bits per heavy atom. The Morgan fingerprint density at radius 2 is 1.44 bits per heavy atom. The standard InChI is InChI=1S/C23H32O3Si/c1-27(2,3)23(15-10-16-25-18-20-11-6-4-7-12-20)22(17-24)26-19-21-13-8-5-9-14-21/h4-15,22-24H,16-19H2,1-3H3/b15-10+/t22-,23-/m1/s1. The van der Waals surface area contributed by atoms with Crippen molar-refractivity contribution in [2.75, 3.05) is 13.2 Å². The second-order valence-corrected chi connectivity index (χ2v) is 13.2. The molecule has 0 aliphatic heterocycles. The molecule has 0 saturated heterocycles. The predicted molar refractivity (Wildman–Crippen MR) is 114 cm³/mol. The molecule has 0 saturated carbocycles. The number of aliphatic hydroxyl groups is 1. The van der Waals surface area contributed by atoms with Crippen molar-refractivity contribution in [1.82, 2.24) is 0 Å². The second kappa shape index (κ2) is 11.2. The van der Waals surface area contributed by atoms with E-state index >= 15 is 0 Å². The summed E-state index contributed by atoms with van der Waals surface area (Å²) >= 11 is 0. The third kappa shape index (κ3) is 7.81. The van der Waals surface area contributed by atoms with Gasteiger partial charge in [0.15, 0.2) is 0 Å². The first-order chi connectivity index (χ1) is 13.0. The summed E-state index contributed by atoms with van der Waals surface area (Å²) in [5.41, 5.74) is 2.53. The molecule has 1 N–H and O–H groups in total. The second-order valence-electron chi connectivity index (χ2n) is 7.84. The van der Waals surface area contributed by atoms with Gasteiger partial charge in [-0.05, 0) is 11.1 Å². The van der Waals surface area contributed by atoms with E-state index in [1.54, 1.807) is 0 Å². The molecule has 0 fully saturated rings. The van der Waals surface area contributed by atoms with Gasteiger partial charge in [0.25, 0.3) is 0 Å². The van der Waals surface area contributed by atoms with Crippen molar-refractivity contribution in [2.24, 2.45) is 0 Å². The molecule has 2 aromatic carbocycles. The lowest BCUT2D eigenvalue weighted by molar-refractivity contribution is 0.00368. The zero-order valence-electron chi connectivity index (χ0n) is 16.7. The molecule has 2 aromatic rings. The van der Waals surface area contributed by atoms with Crippen LogP contribution in [-0.4, -0.2) is 32.5 Å². The summed E-state index contributed by atoms with van der Waals surface area (Å²) in [5, 5.41) is 9.92. The summed E-state index contributed by atoms with van der Waals surface area (Å²) in [6.07, 6.45) is 4.06. The van der Waals surface area contributed by atoms with Crippen LogP contribution in [0.25, 0.3) is 0 Å². The van der Waals surface area contributed by atoms with E-state index in [1.165, 1.54) is 5.56 Å². The molecule has 0 aromatic heterocycles. The van der Waals surface area contributed by atoms with Crippen LogP contribution in [0.3, 0.4) is 0 Å². The molecule has 0 bridgehead atoms. The highest BCUT2D eigenvalue weighted by atomic mass is 28.3. The Morgan fingerprint density at radius 1 is 0.889 bits per heavy atom. The monoisotopic (exact) mass is 384 g/mol. The number of hydrogen-bond acceptors (Lipinski definition) is 3. The maximum absolute atomic E-state index is 9.92. The third-order valence-electron chi connectivity index (χ3n) is 4.56. The topological polar surface area (TPSA) is 38.7 Å². The van der Waals surface area contributed by atoms with E-state index in [0.717, 1.165) is 5.56 Å². The fourth-order valence-electron chi connectivity index (χ4n) is 3.04. The van der Waals surface area contributed by atoms with Crippen molar-refractivity contribution in [3.63, 3.8) is 0 Å². The molecule has 4 heteroatoms. The smallest absolute Gasteiger partial charge is 0.0848 e. The van der Waals surface area contributed by atoms with Crippen molar-refractivity contribution in [3.05, 3.63) is 83.9 Å². The molecular formula is C23H32O3Si. The van der Waals surface area contributed by atoms with Crippen LogP contribution in [0.1, 0.15) is 11.1 Å². The molecule has 27 heavy (non-hydrogen) atoms. The van der Waals surface area contributed by atoms with Gasteiger partial charge in [0.2, 0.25) is 0 Å². The van der Waals surface area contributed by atoms with E-state index in [0.29, 0.717) is 19.8 Å². The minimum absolute atomic E-state index is 0.0248. The molecule has 0 aliphatic rings. The zero-order chi connectivity index (χ0) is 19.5. The van der Waals surface area contributed by atoms with E-state index in [9.17, 15) is 5.11 Å². The number of hydrogen-bond donors (Lipinski definition) is 1. The van der Waals surface area contributed by atoms with Gasteiger partial charge in [0, 0.05) is 5.54 Å². The number of benzene rings is 2.